The first-order valence-corrected chi connectivity index (χ1v) is 9.80. The van der Waals surface area contributed by atoms with Crippen molar-refractivity contribution in [1.82, 2.24) is 14.9 Å². The summed E-state index contributed by atoms with van der Waals surface area (Å²) >= 11 is 0. The van der Waals surface area contributed by atoms with Crippen LogP contribution in [0.3, 0.4) is 0 Å². The Balaban J connectivity index is 1.26. The third kappa shape index (κ3) is 2.68. The molecular formula is C21H25N5O2. The molecular weight excluding hydrogens is 354 g/mol. The molecule has 0 radical (unpaired) electrons. The fourth-order valence-electron chi connectivity index (χ4n) is 4.49. The normalized spacial score (nSPS) is 22.2. The standard InChI is InChI=1S/C21H25N5O2/c1-14-4-5-17-18(8-14)28-9-16(3)26(17)20(27)25-12-21(13-25)10-24(11-21)19-22-7-6-15(2)23-19/h4-8,16H,9-13H2,1-3H3. The highest BCUT2D eigenvalue weighted by molar-refractivity contribution is 5.95. The first kappa shape index (κ1) is 17.3. The molecule has 2 amide bonds. The van der Waals surface area contributed by atoms with Gasteiger partial charge in [0.25, 0.3) is 0 Å². The van der Waals surface area contributed by atoms with Gasteiger partial charge in [0.2, 0.25) is 5.95 Å². The molecule has 2 aromatic rings. The van der Waals surface area contributed by atoms with Gasteiger partial charge in [0.05, 0.1) is 11.7 Å². The molecule has 28 heavy (non-hydrogen) atoms. The number of urea groups is 1. The summed E-state index contributed by atoms with van der Waals surface area (Å²) in [4.78, 5) is 28.1. The fourth-order valence-corrected chi connectivity index (χ4v) is 4.49. The van der Waals surface area contributed by atoms with Crippen LogP contribution in [0.2, 0.25) is 0 Å². The summed E-state index contributed by atoms with van der Waals surface area (Å²) in [6.45, 7) is 9.99. The summed E-state index contributed by atoms with van der Waals surface area (Å²) in [7, 11) is 0. The number of nitrogens with zero attached hydrogens (tertiary/aromatic N) is 5. The van der Waals surface area contributed by atoms with E-state index >= 15 is 0 Å². The maximum atomic E-state index is 13.2. The van der Waals surface area contributed by atoms with Crippen molar-refractivity contribution in [2.24, 2.45) is 5.41 Å². The number of fused-ring (bicyclic) bond motifs is 1. The summed E-state index contributed by atoms with van der Waals surface area (Å²) in [6.07, 6.45) is 1.80. The minimum Gasteiger partial charge on any atom is -0.489 e. The van der Waals surface area contributed by atoms with Crippen LogP contribution < -0.4 is 14.5 Å². The van der Waals surface area contributed by atoms with Gasteiger partial charge in [-0.3, -0.25) is 4.90 Å². The van der Waals surface area contributed by atoms with Gasteiger partial charge in [-0.15, -0.1) is 0 Å². The number of aryl methyl sites for hydroxylation is 2. The predicted octanol–water partition coefficient (Wildman–Crippen LogP) is 2.62. The Morgan fingerprint density at radius 2 is 1.96 bits per heavy atom. The smallest absolute Gasteiger partial charge is 0.325 e. The largest absolute Gasteiger partial charge is 0.489 e. The van der Waals surface area contributed by atoms with E-state index in [1.54, 1.807) is 6.20 Å². The molecule has 7 nitrogen and oxygen atoms in total. The molecule has 3 aliphatic rings. The summed E-state index contributed by atoms with van der Waals surface area (Å²) in [5.41, 5.74) is 3.18. The topological polar surface area (TPSA) is 61.8 Å². The number of ether oxygens (including phenoxy) is 1. The molecule has 1 aromatic carbocycles. The van der Waals surface area contributed by atoms with Crippen molar-refractivity contribution in [3.63, 3.8) is 0 Å². The number of hydrogen-bond acceptors (Lipinski definition) is 5. The number of hydrogen-bond donors (Lipinski definition) is 0. The van der Waals surface area contributed by atoms with Gasteiger partial charge in [0, 0.05) is 43.5 Å². The molecule has 0 aliphatic carbocycles. The lowest BCUT2D eigenvalue weighted by Gasteiger charge is -2.60. The number of benzene rings is 1. The van der Waals surface area contributed by atoms with Crippen molar-refractivity contribution in [3.05, 3.63) is 41.7 Å². The lowest BCUT2D eigenvalue weighted by molar-refractivity contribution is 0.00813. The Morgan fingerprint density at radius 1 is 1.18 bits per heavy atom. The van der Waals surface area contributed by atoms with Gasteiger partial charge in [0.15, 0.2) is 0 Å². The van der Waals surface area contributed by atoms with Gasteiger partial charge in [0.1, 0.15) is 12.4 Å². The van der Waals surface area contributed by atoms with Crippen LogP contribution in [0.1, 0.15) is 18.2 Å². The molecule has 2 fully saturated rings. The van der Waals surface area contributed by atoms with E-state index in [-0.39, 0.29) is 17.5 Å². The minimum absolute atomic E-state index is 0.0258. The first-order valence-electron chi connectivity index (χ1n) is 9.80. The van der Waals surface area contributed by atoms with Crippen LogP contribution in [0, 0.1) is 19.3 Å². The molecule has 4 heterocycles. The molecule has 7 heteroatoms. The van der Waals surface area contributed by atoms with Gasteiger partial charge in [-0.2, -0.15) is 0 Å². The average Bonchev–Trinajstić information content (AvgIpc) is 2.59. The van der Waals surface area contributed by atoms with Crippen LogP contribution in [0.15, 0.2) is 30.5 Å². The van der Waals surface area contributed by atoms with Crippen LogP contribution in [0.25, 0.3) is 0 Å². The number of anilines is 2. The summed E-state index contributed by atoms with van der Waals surface area (Å²) < 4.78 is 5.84. The van der Waals surface area contributed by atoms with Gasteiger partial charge >= 0.3 is 6.03 Å². The third-order valence-electron chi connectivity index (χ3n) is 5.94. The summed E-state index contributed by atoms with van der Waals surface area (Å²) in [5, 5.41) is 0. The first-order chi connectivity index (χ1) is 13.4. The van der Waals surface area contributed by atoms with E-state index in [9.17, 15) is 4.79 Å². The molecule has 2 saturated heterocycles. The number of carbonyl (C=O) groups excluding carboxylic acids is 1. The molecule has 1 aromatic heterocycles. The molecule has 3 aliphatic heterocycles. The Kier molecular flexibility index (Phi) is 3.76. The lowest BCUT2D eigenvalue weighted by atomic mass is 9.73. The highest BCUT2D eigenvalue weighted by Gasteiger charge is 2.55. The molecule has 0 saturated carbocycles. The second-order valence-electron chi connectivity index (χ2n) is 8.49. The molecule has 146 valence electrons. The number of amides is 2. The number of rotatable bonds is 1. The molecule has 0 bridgehead atoms. The second kappa shape index (κ2) is 6.09. The van der Waals surface area contributed by atoms with Crippen LogP contribution in [0.5, 0.6) is 5.75 Å². The van der Waals surface area contributed by atoms with E-state index in [0.29, 0.717) is 6.61 Å². The third-order valence-corrected chi connectivity index (χ3v) is 5.94. The van der Waals surface area contributed by atoms with Gasteiger partial charge in [-0.1, -0.05) is 6.07 Å². The minimum atomic E-state index is 0.0258. The fraction of sp³-hybridized carbons (Fsp3) is 0.476. The van der Waals surface area contributed by atoms with Crippen molar-refractivity contribution < 1.29 is 9.53 Å². The Bertz CT molecular complexity index is 932. The highest BCUT2D eigenvalue weighted by atomic mass is 16.5. The number of likely N-dealkylation sites (tertiary alicyclic amines) is 1. The Labute approximate surface area is 164 Å². The van der Waals surface area contributed by atoms with E-state index in [0.717, 1.165) is 54.8 Å². The van der Waals surface area contributed by atoms with Crippen molar-refractivity contribution in [1.29, 1.82) is 0 Å². The second-order valence-corrected chi connectivity index (χ2v) is 8.49. The summed E-state index contributed by atoms with van der Waals surface area (Å²) in [6, 6.07) is 8.04. The van der Waals surface area contributed by atoms with E-state index < -0.39 is 0 Å². The van der Waals surface area contributed by atoms with E-state index in [2.05, 4.69) is 14.9 Å². The Hall–Kier alpha value is -2.83. The van der Waals surface area contributed by atoms with Crippen LogP contribution in [-0.2, 0) is 0 Å². The predicted molar refractivity (Wildman–Crippen MR) is 107 cm³/mol. The van der Waals surface area contributed by atoms with Gasteiger partial charge in [-0.05, 0) is 44.5 Å². The van der Waals surface area contributed by atoms with E-state index in [1.165, 1.54) is 0 Å². The molecule has 0 N–H and O–H groups in total. The highest BCUT2D eigenvalue weighted by Crippen LogP contribution is 2.43. The Morgan fingerprint density at radius 3 is 2.71 bits per heavy atom. The van der Waals surface area contributed by atoms with Crippen LogP contribution in [0.4, 0.5) is 16.4 Å². The molecule has 5 rings (SSSR count). The van der Waals surface area contributed by atoms with Crippen molar-refractivity contribution >= 4 is 17.7 Å². The lowest BCUT2D eigenvalue weighted by Crippen LogP contribution is -2.74. The van der Waals surface area contributed by atoms with Crippen molar-refractivity contribution in [2.75, 3.05) is 42.6 Å². The van der Waals surface area contributed by atoms with Crippen LogP contribution >= 0.6 is 0 Å². The molecule has 1 unspecified atom stereocenters. The average molecular weight is 379 g/mol. The van der Waals surface area contributed by atoms with Crippen molar-refractivity contribution in [3.8, 4) is 5.75 Å². The van der Waals surface area contributed by atoms with E-state index in [1.807, 2.05) is 54.8 Å². The zero-order chi connectivity index (χ0) is 19.5. The summed E-state index contributed by atoms with van der Waals surface area (Å²) in [5.74, 6) is 1.59. The maximum absolute atomic E-state index is 13.2. The zero-order valence-corrected chi connectivity index (χ0v) is 16.6. The van der Waals surface area contributed by atoms with Gasteiger partial charge < -0.3 is 14.5 Å². The quantitative estimate of drug-likeness (QED) is 0.762. The monoisotopic (exact) mass is 379 g/mol. The van der Waals surface area contributed by atoms with Crippen molar-refractivity contribution in [2.45, 2.75) is 26.8 Å². The molecule has 1 spiro atoms. The molecule has 1 atom stereocenters. The van der Waals surface area contributed by atoms with Crippen LogP contribution in [-0.4, -0.2) is 59.7 Å². The zero-order valence-electron chi connectivity index (χ0n) is 16.6. The number of aromatic nitrogens is 2. The van der Waals surface area contributed by atoms with Gasteiger partial charge in [-0.25, -0.2) is 14.8 Å². The van der Waals surface area contributed by atoms with E-state index in [4.69, 9.17) is 4.74 Å². The number of carbonyl (C=O) groups is 1. The maximum Gasteiger partial charge on any atom is 0.325 e. The SMILES string of the molecule is Cc1ccc2c(c1)OCC(C)N2C(=O)N1CC2(C1)CN(c1nccc(C)n1)C2.